The number of nitrogens with one attached hydrogen (secondary N) is 1. The summed E-state index contributed by atoms with van der Waals surface area (Å²) >= 11 is 0. The molecule has 2 aromatic rings. The molecule has 0 aromatic heterocycles. The Balaban J connectivity index is 1.78. The summed E-state index contributed by atoms with van der Waals surface area (Å²) in [6.07, 6.45) is 3.07. The average molecular weight is 323 g/mol. The molecule has 1 aliphatic rings. The van der Waals surface area contributed by atoms with E-state index in [1.807, 2.05) is 36.4 Å². The summed E-state index contributed by atoms with van der Waals surface area (Å²) in [5.41, 5.74) is 3.00. The van der Waals surface area contributed by atoms with E-state index in [2.05, 4.69) is 17.4 Å². The molecular weight excluding hydrogens is 302 g/mol. The van der Waals surface area contributed by atoms with Gasteiger partial charge >= 0.3 is 0 Å². The Kier molecular flexibility index (Phi) is 4.85. The Morgan fingerprint density at radius 3 is 2.42 bits per heavy atom. The fourth-order valence-electron chi connectivity index (χ4n) is 3.04. The summed E-state index contributed by atoms with van der Waals surface area (Å²) in [5, 5.41) is 3.34. The number of carbonyl (C=O) groups excluding carboxylic acids is 1. The van der Waals surface area contributed by atoms with Gasteiger partial charge in [0, 0.05) is 29.9 Å². The number of benzene rings is 2. The van der Waals surface area contributed by atoms with E-state index in [0.29, 0.717) is 17.9 Å². The van der Waals surface area contributed by atoms with Gasteiger partial charge in [0.15, 0.2) is 17.3 Å². The van der Waals surface area contributed by atoms with E-state index in [-0.39, 0.29) is 11.7 Å². The van der Waals surface area contributed by atoms with Crippen molar-refractivity contribution in [3.05, 3.63) is 65.9 Å². The van der Waals surface area contributed by atoms with Crippen LogP contribution in [0.4, 0.5) is 5.69 Å². The number of methoxy groups -OCH3 is 2. The summed E-state index contributed by atoms with van der Waals surface area (Å²) in [6, 6.07) is 15.8. The van der Waals surface area contributed by atoms with E-state index >= 15 is 0 Å². The first-order valence-corrected chi connectivity index (χ1v) is 7.97. The first-order valence-electron chi connectivity index (χ1n) is 7.97. The van der Waals surface area contributed by atoms with Crippen molar-refractivity contribution in [1.29, 1.82) is 0 Å². The van der Waals surface area contributed by atoms with Gasteiger partial charge in [0.2, 0.25) is 0 Å². The quantitative estimate of drug-likeness (QED) is 0.898. The second-order valence-electron chi connectivity index (χ2n) is 5.85. The van der Waals surface area contributed by atoms with Gasteiger partial charge < -0.3 is 14.8 Å². The average Bonchev–Trinajstić information content (AvgIpc) is 2.62. The zero-order valence-electron chi connectivity index (χ0n) is 13.9. The number of hydrogen-bond donors (Lipinski definition) is 1. The van der Waals surface area contributed by atoms with Crippen LogP contribution in [0.15, 0.2) is 60.3 Å². The lowest BCUT2D eigenvalue weighted by Gasteiger charge is -2.23. The van der Waals surface area contributed by atoms with Gasteiger partial charge in [-0.15, -0.1) is 0 Å². The maximum absolute atomic E-state index is 12.1. The molecule has 0 aliphatic heterocycles. The third-order valence-corrected chi connectivity index (χ3v) is 4.21. The van der Waals surface area contributed by atoms with E-state index in [0.717, 1.165) is 17.8 Å². The van der Waals surface area contributed by atoms with Crippen LogP contribution in [0.2, 0.25) is 0 Å². The highest BCUT2D eigenvalue weighted by Gasteiger charge is 2.22. The molecule has 0 bridgehead atoms. The molecule has 2 aromatic carbocycles. The number of ketones is 1. The highest BCUT2D eigenvalue weighted by molar-refractivity contribution is 5.92. The van der Waals surface area contributed by atoms with E-state index in [1.165, 1.54) is 5.56 Å². The molecule has 0 fully saturated rings. The summed E-state index contributed by atoms with van der Waals surface area (Å²) in [6.45, 7) is 0. The van der Waals surface area contributed by atoms with Gasteiger partial charge in [0.1, 0.15) is 0 Å². The lowest BCUT2D eigenvalue weighted by atomic mass is 9.85. The molecule has 0 spiro atoms. The molecule has 0 saturated carbocycles. The summed E-state index contributed by atoms with van der Waals surface area (Å²) in [4.78, 5) is 12.1. The van der Waals surface area contributed by atoms with E-state index < -0.39 is 0 Å². The largest absolute Gasteiger partial charge is 0.493 e. The van der Waals surface area contributed by atoms with Crippen molar-refractivity contribution in [2.75, 3.05) is 19.5 Å². The van der Waals surface area contributed by atoms with Crippen LogP contribution < -0.4 is 14.8 Å². The molecule has 1 N–H and O–H groups in total. The molecule has 0 amide bonds. The van der Waals surface area contributed by atoms with E-state index in [9.17, 15) is 4.79 Å². The Morgan fingerprint density at radius 2 is 1.71 bits per heavy atom. The lowest BCUT2D eigenvalue weighted by Crippen LogP contribution is -2.16. The van der Waals surface area contributed by atoms with Gasteiger partial charge in [-0.2, -0.15) is 0 Å². The Bertz CT molecular complexity index is 753. The lowest BCUT2D eigenvalue weighted by molar-refractivity contribution is -0.115. The molecule has 4 heteroatoms. The highest BCUT2D eigenvalue weighted by atomic mass is 16.5. The first-order chi connectivity index (χ1) is 11.7. The molecule has 24 heavy (non-hydrogen) atoms. The molecule has 124 valence electrons. The van der Waals surface area contributed by atoms with E-state index in [4.69, 9.17) is 9.47 Å². The Hall–Kier alpha value is -2.75. The molecule has 0 heterocycles. The van der Waals surface area contributed by atoms with Crippen LogP contribution in [-0.2, 0) is 4.79 Å². The van der Waals surface area contributed by atoms with Crippen LogP contribution in [0, 0.1) is 0 Å². The van der Waals surface area contributed by atoms with Gasteiger partial charge in [-0.3, -0.25) is 4.79 Å². The standard InChI is InChI=1S/C20H21NO3/c1-23-19-9-8-16(13-20(19)24-2)21-17-10-15(11-18(22)12-17)14-6-4-3-5-7-14/h3-9,12-13,15,21H,10-11H2,1-2H3/t15-/m1/s1. The molecular formula is C20H21NO3. The Labute approximate surface area is 142 Å². The fraction of sp³-hybridized carbons (Fsp3) is 0.250. The van der Waals surface area contributed by atoms with Gasteiger partial charge in [0.25, 0.3) is 0 Å². The second-order valence-corrected chi connectivity index (χ2v) is 5.85. The minimum absolute atomic E-state index is 0.151. The number of anilines is 1. The number of ether oxygens (including phenoxy) is 2. The second kappa shape index (κ2) is 7.21. The van der Waals surface area contributed by atoms with Crippen molar-refractivity contribution in [1.82, 2.24) is 0 Å². The minimum Gasteiger partial charge on any atom is -0.493 e. The molecule has 1 aliphatic carbocycles. The zero-order valence-corrected chi connectivity index (χ0v) is 13.9. The van der Waals surface area contributed by atoms with Crippen molar-refractivity contribution in [2.45, 2.75) is 18.8 Å². The molecule has 0 saturated heterocycles. The topological polar surface area (TPSA) is 47.6 Å². The van der Waals surface area contributed by atoms with Crippen LogP contribution in [-0.4, -0.2) is 20.0 Å². The third-order valence-electron chi connectivity index (χ3n) is 4.21. The first kappa shape index (κ1) is 16.1. The smallest absolute Gasteiger partial charge is 0.162 e. The van der Waals surface area contributed by atoms with Gasteiger partial charge in [-0.25, -0.2) is 0 Å². The predicted molar refractivity (Wildman–Crippen MR) is 94.7 cm³/mol. The number of rotatable bonds is 5. The summed E-state index contributed by atoms with van der Waals surface area (Å²) in [5.74, 6) is 1.70. The van der Waals surface area contributed by atoms with Crippen LogP contribution >= 0.6 is 0 Å². The number of allylic oxidation sites excluding steroid dienone is 2. The minimum atomic E-state index is 0.151. The summed E-state index contributed by atoms with van der Waals surface area (Å²) < 4.78 is 10.6. The molecule has 3 rings (SSSR count). The Morgan fingerprint density at radius 1 is 0.958 bits per heavy atom. The van der Waals surface area contributed by atoms with Crippen molar-refractivity contribution in [3.63, 3.8) is 0 Å². The van der Waals surface area contributed by atoms with Gasteiger partial charge in [-0.05, 0) is 30.0 Å². The van der Waals surface area contributed by atoms with Gasteiger partial charge in [-0.1, -0.05) is 30.3 Å². The number of hydrogen-bond acceptors (Lipinski definition) is 4. The number of carbonyl (C=O) groups is 1. The SMILES string of the molecule is COc1ccc(NC2=CC(=O)C[C@H](c3ccccc3)C2)cc1OC. The van der Waals surface area contributed by atoms with Crippen molar-refractivity contribution in [2.24, 2.45) is 0 Å². The fourth-order valence-corrected chi connectivity index (χ4v) is 3.04. The van der Waals surface area contributed by atoms with Crippen molar-refractivity contribution < 1.29 is 14.3 Å². The molecule has 0 radical (unpaired) electrons. The maximum Gasteiger partial charge on any atom is 0.162 e. The van der Waals surface area contributed by atoms with Crippen LogP contribution in [0.25, 0.3) is 0 Å². The molecule has 1 atom stereocenters. The van der Waals surface area contributed by atoms with Crippen LogP contribution in [0.5, 0.6) is 11.5 Å². The molecule has 0 unspecified atom stereocenters. The van der Waals surface area contributed by atoms with Crippen molar-refractivity contribution in [3.8, 4) is 11.5 Å². The van der Waals surface area contributed by atoms with Crippen LogP contribution in [0.3, 0.4) is 0 Å². The monoisotopic (exact) mass is 323 g/mol. The van der Waals surface area contributed by atoms with E-state index in [1.54, 1.807) is 20.3 Å². The normalized spacial score (nSPS) is 17.2. The maximum atomic E-state index is 12.1. The highest BCUT2D eigenvalue weighted by Crippen LogP contribution is 2.34. The zero-order chi connectivity index (χ0) is 16.9. The van der Waals surface area contributed by atoms with Crippen molar-refractivity contribution >= 4 is 11.5 Å². The van der Waals surface area contributed by atoms with Crippen LogP contribution in [0.1, 0.15) is 24.3 Å². The summed E-state index contributed by atoms with van der Waals surface area (Å²) in [7, 11) is 3.22. The third kappa shape index (κ3) is 3.59. The molecule has 4 nitrogen and oxygen atoms in total. The van der Waals surface area contributed by atoms with Gasteiger partial charge in [0.05, 0.1) is 14.2 Å². The predicted octanol–water partition coefficient (Wildman–Crippen LogP) is 4.15.